The summed E-state index contributed by atoms with van der Waals surface area (Å²) in [5.74, 6) is -0.806. The number of carbonyl (C=O) groups excluding carboxylic acids is 2. The van der Waals surface area contributed by atoms with E-state index in [1.807, 2.05) is 0 Å². The number of ether oxygens (including phenoxy) is 2. The molecule has 0 saturated heterocycles. The van der Waals surface area contributed by atoms with E-state index in [9.17, 15) is 14.9 Å². The molecule has 1 aromatic rings. The van der Waals surface area contributed by atoms with E-state index in [2.05, 4.69) is 15.5 Å². The van der Waals surface area contributed by atoms with E-state index in [4.69, 9.17) is 11.6 Å². The third-order valence-corrected chi connectivity index (χ3v) is 3.79. The first-order valence-electron chi connectivity index (χ1n) is 6.78. The number of methoxy groups -OCH3 is 2. The molecule has 0 heterocycles. The first-order chi connectivity index (χ1) is 10.5. The highest BCUT2D eigenvalue weighted by Crippen LogP contribution is 2.35. The summed E-state index contributed by atoms with van der Waals surface area (Å²) in [5.41, 5.74) is -0.317. The van der Waals surface area contributed by atoms with Crippen molar-refractivity contribution in [3.8, 4) is 6.07 Å². The molecule has 0 aliphatic rings. The van der Waals surface area contributed by atoms with E-state index < -0.39 is 17.4 Å². The molecule has 0 saturated carbocycles. The fraction of sp³-hybridized carbons (Fsp3) is 0.438. The fourth-order valence-corrected chi connectivity index (χ4v) is 2.40. The third kappa shape index (κ3) is 4.74. The Morgan fingerprint density at radius 3 is 2.14 bits per heavy atom. The Balaban J connectivity index is 3.08. The van der Waals surface area contributed by atoms with Gasteiger partial charge in [-0.2, -0.15) is 5.26 Å². The number of nitrogens with zero attached hydrogens (tertiary/aromatic N) is 1. The van der Waals surface area contributed by atoms with Gasteiger partial charge in [-0.1, -0.05) is 23.7 Å². The molecule has 6 heteroatoms. The topological polar surface area (TPSA) is 76.4 Å². The zero-order valence-electron chi connectivity index (χ0n) is 12.6. The average molecular weight is 324 g/mol. The van der Waals surface area contributed by atoms with Crippen molar-refractivity contribution in [2.24, 2.45) is 0 Å². The second-order valence-electron chi connectivity index (χ2n) is 4.86. The van der Waals surface area contributed by atoms with Gasteiger partial charge in [0.1, 0.15) is 0 Å². The van der Waals surface area contributed by atoms with E-state index in [-0.39, 0.29) is 25.7 Å². The molecule has 0 aliphatic heterocycles. The number of carbonyl (C=O) groups is 2. The van der Waals surface area contributed by atoms with Gasteiger partial charge < -0.3 is 9.47 Å². The summed E-state index contributed by atoms with van der Waals surface area (Å²) >= 11 is 6.00. The van der Waals surface area contributed by atoms with Gasteiger partial charge in [-0.25, -0.2) is 0 Å². The quantitative estimate of drug-likeness (QED) is 0.721. The lowest BCUT2D eigenvalue weighted by atomic mass is 9.74. The molecule has 1 aromatic carbocycles. The van der Waals surface area contributed by atoms with E-state index in [0.29, 0.717) is 10.6 Å². The number of rotatable bonds is 7. The van der Waals surface area contributed by atoms with Crippen molar-refractivity contribution in [3.05, 3.63) is 34.9 Å². The lowest BCUT2D eigenvalue weighted by molar-refractivity contribution is -0.141. The molecule has 118 valence electrons. The Morgan fingerprint density at radius 2 is 1.73 bits per heavy atom. The summed E-state index contributed by atoms with van der Waals surface area (Å²) in [4.78, 5) is 22.8. The number of esters is 2. The molecule has 0 N–H and O–H groups in total. The fourth-order valence-electron chi connectivity index (χ4n) is 2.21. The van der Waals surface area contributed by atoms with Gasteiger partial charge in [0.05, 0.1) is 25.7 Å². The largest absolute Gasteiger partial charge is 0.469 e. The van der Waals surface area contributed by atoms with Crippen LogP contribution < -0.4 is 0 Å². The molecule has 0 unspecified atom stereocenters. The van der Waals surface area contributed by atoms with Crippen LogP contribution in [-0.4, -0.2) is 26.2 Å². The average Bonchev–Trinajstić information content (AvgIpc) is 2.54. The van der Waals surface area contributed by atoms with Crippen molar-refractivity contribution in [2.45, 2.75) is 31.1 Å². The summed E-state index contributed by atoms with van der Waals surface area (Å²) in [6.45, 7) is 0. The molecule has 0 spiro atoms. The predicted octanol–water partition coefficient (Wildman–Crippen LogP) is 3.01. The van der Waals surface area contributed by atoms with Gasteiger partial charge in [-0.15, -0.1) is 0 Å². The molecule has 0 atom stereocenters. The van der Waals surface area contributed by atoms with Crippen LogP contribution in [0.3, 0.4) is 0 Å². The Labute approximate surface area is 134 Å². The number of benzene rings is 1. The van der Waals surface area contributed by atoms with Crippen molar-refractivity contribution in [1.82, 2.24) is 0 Å². The molecule has 0 bridgehead atoms. The highest BCUT2D eigenvalue weighted by molar-refractivity contribution is 6.30. The maximum atomic E-state index is 11.4. The molecular weight excluding hydrogens is 306 g/mol. The minimum Gasteiger partial charge on any atom is -0.469 e. The number of hydrogen-bond donors (Lipinski definition) is 0. The third-order valence-electron chi connectivity index (χ3n) is 3.56. The van der Waals surface area contributed by atoms with E-state index >= 15 is 0 Å². The maximum Gasteiger partial charge on any atom is 0.305 e. The van der Waals surface area contributed by atoms with E-state index in [1.54, 1.807) is 24.3 Å². The zero-order valence-corrected chi connectivity index (χ0v) is 13.4. The number of hydrogen-bond acceptors (Lipinski definition) is 5. The van der Waals surface area contributed by atoms with Crippen LogP contribution in [0.15, 0.2) is 24.3 Å². The van der Waals surface area contributed by atoms with Crippen molar-refractivity contribution in [2.75, 3.05) is 14.2 Å². The van der Waals surface area contributed by atoms with Crippen molar-refractivity contribution >= 4 is 23.5 Å². The Bertz CT molecular complexity index is 560. The highest BCUT2D eigenvalue weighted by Gasteiger charge is 2.34. The second-order valence-corrected chi connectivity index (χ2v) is 5.29. The highest BCUT2D eigenvalue weighted by atomic mass is 35.5. The number of halogens is 1. The van der Waals surface area contributed by atoms with Crippen molar-refractivity contribution in [1.29, 1.82) is 5.26 Å². The van der Waals surface area contributed by atoms with Crippen LogP contribution in [0, 0.1) is 11.3 Å². The summed E-state index contributed by atoms with van der Waals surface area (Å²) in [5, 5.41) is 10.2. The normalized spacial score (nSPS) is 10.6. The summed E-state index contributed by atoms with van der Waals surface area (Å²) in [6.07, 6.45) is 0.649. The van der Waals surface area contributed by atoms with Gasteiger partial charge in [0.25, 0.3) is 0 Å². The molecule has 0 aliphatic carbocycles. The van der Waals surface area contributed by atoms with Crippen LogP contribution in [0.5, 0.6) is 0 Å². The first-order valence-corrected chi connectivity index (χ1v) is 7.16. The van der Waals surface area contributed by atoms with Crippen molar-refractivity contribution < 1.29 is 19.1 Å². The van der Waals surface area contributed by atoms with E-state index in [1.165, 1.54) is 14.2 Å². The molecule has 0 amide bonds. The SMILES string of the molecule is COC(=O)CCC(C#N)(CCC(=O)OC)c1cccc(Cl)c1. The summed E-state index contributed by atoms with van der Waals surface area (Å²) in [6, 6.07) is 9.13. The van der Waals surface area contributed by atoms with Crippen molar-refractivity contribution in [3.63, 3.8) is 0 Å². The molecule has 0 aromatic heterocycles. The van der Waals surface area contributed by atoms with Crippen LogP contribution >= 0.6 is 11.6 Å². The van der Waals surface area contributed by atoms with Gasteiger partial charge in [-0.3, -0.25) is 9.59 Å². The minimum atomic E-state index is -0.993. The van der Waals surface area contributed by atoms with Crippen LogP contribution in [-0.2, 0) is 24.5 Å². The molecule has 5 nitrogen and oxygen atoms in total. The maximum absolute atomic E-state index is 11.4. The number of nitriles is 1. The zero-order chi connectivity index (χ0) is 16.6. The van der Waals surface area contributed by atoms with Gasteiger partial charge in [-0.05, 0) is 30.5 Å². The summed E-state index contributed by atoms with van der Waals surface area (Å²) < 4.78 is 9.26. The van der Waals surface area contributed by atoms with E-state index in [0.717, 1.165) is 0 Å². The van der Waals surface area contributed by atoms with Crippen LogP contribution in [0.4, 0.5) is 0 Å². The first kappa shape index (κ1) is 18.0. The van der Waals surface area contributed by atoms with Gasteiger partial charge >= 0.3 is 11.9 Å². The molecule has 1 rings (SSSR count). The molecule has 22 heavy (non-hydrogen) atoms. The molecular formula is C16H18ClNO4. The second kappa shape index (κ2) is 8.40. The van der Waals surface area contributed by atoms with Crippen LogP contribution in [0.2, 0.25) is 5.02 Å². The molecule has 0 radical (unpaired) electrons. The van der Waals surface area contributed by atoms with Crippen LogP contribution in [0.25, 0.3) is 0 Å². The summed E-state index contributed by atoms with van der Waals surface area (Å²) in [7, 11) is 2.59. The standard InChI is InChI=1S/C16H18ClNO4/c1-21-14(19)6-8-16(11-18,9-7-15(20)22-2)12-4-3-5-13(17)10-12/h3-5,10H,6-9H2,1-2H3. The Hall–Kier alpha value is -2.06. The van der Waals surface area contributed by atoms with Gasteiger partial charge in [0, 0.05) is 17.9 Å². The lowest BCUT2D eigenvalue weighted by Crippen LogP contribution is -2.27. The predicted molar refractivity (Wildman–Crippen MR) is 81.2 cm³/mol. The Morgan fingerprint density at radius 1 is 1.18 bits per heavy atom. The monoisotopic (exact) mass is 323 g/mol. The Kier molecular flexibility index (Phi) is 6.87. The van der Waals surface area contributed by atoms with Gasteiger partial charge in [0.2, 0.25) is 0 Å². The molecule has 0 fully saturated rings. The van der Waals surface area contributed by atoms with Crippen LogP contribution in [0.1, 0.15) is 31.2 Å². The minimum absolute atomic E-state index is 0.0811. The smallest absolute Gasteiger partial charge is 0.305 e. The van der Waals surface area contributed by atoms with Gasteiger partial charge in [0.15, 0.2) is 0 Å². The lowest BCUT2D eigenvalue weighted by Gasteiger charge is -2.26.